The van der Waals surface area contributed by atoms with Gasteiger partial charge in [-0.2, -0.15) is 0 Å². The number of halogens is 1. The summed E-state index contributed by atoms with van der Waals surface area (Å²) in [5.41, 5.74) is 2.16. The summed E-state index contributed by atoms with van der Waals surface area (Å²) in [5.74, 6) is 0.713. The number of aliphatic hydroxyl groups excluding tert-OH is 1. The second-order valence-corrected chi connectivity index (χ2v) is 6.02. The van der Waals surface area contributed by atoms with Crippen LogP contribution in [-0.2, 0) is 0 Å². The molecule has 0 fully saturated rings. The molecular formula is C16H26BrNO. The van der Waals surface area contributed by atoms with Gasteiger partial charge in [-0.25, -0.2) is 0 Å². The standard InChI is InChI=1S/C16H26BrNO/c1-5-13(6-2)11-18(7-3)16-9-8-14(17)10-15(16)12(4)19/h8-10,12-13,19H,5-7,11H2,1-4H3. The number of anilines is 1. The number of nitrogens with zero attached hydrogens (tertiary/aromatic N) is 1. The predicted molar refractivity (Wildman–Crippen MR) is 86.7 cm³/mol. The van der Waals surface area contributed by atoms with Gasteiger partial charge in [-0.1, -0.05) is 42.6 Å². The Morgan fingerprint density at radius 2 is 1.84 bits per heavy atom. The molecule has 1 atom stereocenters. The first-order valence-electron chi connectivity index (χ1n) is 7.25. The SMILES string of the molecule is CCC(CC)CN(CC)c1ccc(Br)cc1C(C)O. The Balaban J connectivity index is 3.03. The molecule has 0 spiro atoms. The molecule has 0 aliphatic heterocycles. The first kappa shape index (κ1) is 16.5. The van der Waals surface area contributed by atoms with E-state index < -0.39 is 6.10 Å². The Bertz CT molecular complexity index is 388. The fraction of sp³-hybridized carbons (Fsp3) is 0.625. The third-order valence-corrected chi connectivity index (χ3v) is 4.29. The number of aliphatic hydroxyl groups is 1. The van der Waals surface area contributed by atoms with Crippen molar-refractivity contribution in [3.8, 4) is 0 Å². The van der Waals surface area contributed by atoms with Crippen molar-refractivity contribution >= 4 is 21.6 Å². The second-order valence-electron chi connectivity index (χ2n) is 5.10. The lowest BCUT2D eigenvalue weighted by Gasteiger charge is -2.30. The third-order valence-electron chi connectivity index (χ3n) is 3.80. The Kier molecular flexibility index (Phi) is 6.87. The van der Waals surface area contributed by atoms with Gasteiger partial charge in [0.25, 0.3) is 0 Å². The fourth-order valence-corrected chi connectivity index (χ4v) is 2.78. The molecule has 2 nitrogen and oxygen atoms in total. The van der Waals surface area contributed by atoms with Crippen LogP contribution in [0.5, 0.6) is 0 Å². The van der Waals surface area contributed by atoms with Crippen LogP contribution in [0.3, 0.4) is 0 Å². The number of benzene rings is 1. The molecular weight excluding hydrogens is 302 g/mol. The number of rotatable bonds is 7. The Hall–Kier alpha value is -0.540. The molecule has 0 aromatic heterocycles. The molecule has 1 aromatic carbocycles. The van der Waals surface area contributed by atoms with Crippen molar-refractivity contribution in [3.63, 3.8) is 0 Å². The van der Waals surface area contributed by atoms with E-state index in [2.05, 4.69) is 53.7 Å². The van der Waals surface area contributed by atoms with Crippen molar-refractivity contribution in [1.82, 2.24) is 0 Å². The molecule has 0 bridgehead atoms. The highest BCUT2D eigenvalue weighted by Crippen LogP contribution is 2.30. The van der Waals surface area contributed by atoms with E-state index in [1.807, 2.05) is 13.0 Å². The summed E-state index contributed by atoms with van der Waals surface area (Å²) in [6.07, 6.45) is 1.96. The highest BCUT2D eigenvalue weighted by molar-refractivity contribution is 9.10. The van der Waals surface area contributed by atoms with Crippen LogP contribution >= 0.6 is 15.9 Å². The van der Waals surface area contributed by atoms with Gasteiger partial charge in [-0.15, -0.1) is 0 Å². The van der Waals surface area contributed by atoms with Gasteiger partial charge in [0.15, 0.2) is 0 Å². The second kappa shape index (κ2) is 7.91. The van der Waals surface area contributed by atoms with Crippen LogP contribution in [0.15, 0.2) is 22.7 Å². The van der Waals surface area contributed by atoms with Crippen LogP contribution in [-0.4, -0.2) is 18.2 Å². The van der Waals surface area contributed by atoms with Gasteiger partial charge in [0.2, 0.25) is 0 Å². The van der Waals surface area contributed by atoms with Gasteiger partial charge in [0.05, 0.1) is 6.10 Å². The molecule has 0 aliphatic carbocycles. The lowest BCUT2D eigenvalue weighted by molar-refractivity contribution is 0.199. The van der Waals surface area contributed by atoms with Crippen LogP contribution < -0.4 is 4.90 Å². The minimum atomic E-state index is -0.441. The average molecular weight is 328 g/mol. The predicted octanol–water partition coefficient (Wildman–Crippen LogP) is 4.76. The molecule has 0 heterocycles. The van der Waals surface area contributed by atoms with E-state index in [0.29, 0.717) is 5.92 Å². The summed E-state index contributed by atoms with van der Waals surface area (Å²) in [6, 6.07) is 6.18. The molecule has 0 saturated heterocycles. The van der Waals surface area contributed by atoms with Gasteiger partial charge in [0.1, 0.15) is 0 Å². The number of hydrogen-bond donors (Lipinski definition) is 1. The maximum Gasteiger partial charge on any atom is 0.0782 e. The molecule has 19 heavy (non-hydrogen) atoms. The smallest absolute Gasteiger partial charge is 0.0782 e. The maximum absolute atomic E-state index is 9.97. The highest BCUT2D eigenvalue weighted by atomic mass is 79.9. The molecule has 0 aliphatic rings. The van der Waals surface area contributed by atoms with E-state index in [9.17, 15) is 5.11 Å². The lowest BCUT2D eigenvalue weighted by atomic mass is 10.0. The molecule has 1 aromatic rings. The Labute approximate surface area is 126 Å². The van der Waals surface area contributed by atoms with E-state index >= 15 is 0 Å². The van der Waals surface area contributed by atoms with Crippen LogP contribution in [0.2, 0.25) is 0 Å². The zero-order valence-electron chi connectivity index (χ0n) is 12.5. The van der Waals surface area contributed by atoms with Crippen molar-refractivity contribution in [2.24, 2.45) is 5.92 Å². The van der Waals surface area contributed by atoms with Gasteiger partial charge in [-0.3, -0.25) is 0 Å². The zero-order chi connectivity index (χ0) is 14.4. The van der Waals surface area contributed by atoms with E-state index in [4.69, 9.17) is 0 Å². The average Bonchev–Trinajstić information content (AvgIpc) is 2.40. The monoisotopic (exact) mass is 327 g/mol. The van der Waals surface area contributed by atoms with Crippen molar-refractivity contribution < 1.29 is 5.11 Å². The van der Waals surface area contributed by atoms with Gasteiger partial charge >= 0.3 is 0 Å². The minimum absolute atomic E-state index is 0.441. The largest absolute Gasteiger partial charge is 0.389 e. The summed E-state index contributed by atoms with van der Waals surface area (Å²) in [6.45, 7) is 10.5. The van der Waals surface area contributed by atoms with Gasteiger partial charge in [-0.05, 0) is 38.0 Å². The molecule has 1 unspecified atom stereocenters. The maximum atomic E-state index is 9.97. The van der Waals surface area contributed by atoms with Gasteiger partial charge < -0.3 is 10.0 Å². The number of hydrogen-bond acceptors (Lipinski definition) is 2. The first-order chi connectivity index (χ1) is 9.03. The third kappa shape index (κ3) is 4.50. The lowest BCUT2D eigenvalue weighted by Crippen LogP contribution is -2.30. The summed E-state index contributed by atoms with van der Waals surface area (Å²) < 4.78 is 1.02. The van der Waals surface area contributed by atoms with Gasteiger partial charge in [0, 0.05) is 28.8 Å². The van der Waals surface area contributed by atoms with Crippen molar-refractivity contribution in [3.05, 3.63) is 28.2 Å². The van der Waals surface area contributed by atoms with Crippen LogP contribution in [0.1, 0.15) is 52.2 Å². The summed E-state index contributed by atoms with van der Waals surface area (Å²) in [4.78, 5) is 2.38. The van der Waals surface area contributed by atoms with Crippen molar-refractivity contribution in [2.45, 2.75) is 46.6 Å². The van der Waals surface area contributed by atoms with E-state index in [1.165, 1.54) is 12.8 Å². The first-order valence-corrected chi connectivity index (χ1v) is 8.05. The van der Waals surface area contributed by atoms with Crippen LogP contribution in [0, 0.1) is 5.92 Å². The van der Waals surface area contributed by atoms with Crippen molar-refractivity contribution in [1.29, 1.82) is 0 Å². The molecule has 108 valence electrons. The summed E-state index contributed by atoms with van der Waals surface area (Å²) in [5, 5.41) is 9.97. The Morgan fingerprint density at radius 3 is 2.32 bits per heavy atom. The molecule has 0 amide bonds. The normalized spacial score (nSPS) is 12.8. The Morgan fingerprint density at radius 1 is 1.21 bits per heavy atom. The summed E-state index contributed by atoms with van der Waals surface area (Å²) in [7, 11) is 0. The molecule has 1 N–H and O–H groups in total. The fourth-order valence-electron chi connectivity index (χ4n) is 2.40. The minimum Gasteiger partial charge on any atom is -0.389 e. The van der Waals surface area contributed by atoms with E-state index in [0.717, 1.165) is 28.8 Å². The topological polar surface area (TPSA) is 23.5 Å². The molecule has 0 radical (unpaired) electrons. The van der Waals surface area contributed by atoms with Crippen LogP contribution in [0.25, 0.3) is 0 Å². The summed E-state index contributed by atoms with van der Waals surface area (Å²) >= 11 is 3.48. The molecule has 3 heteroatoms. The molecule has 0 saturated carbocycles. The van der Waals surface area contributed by atoms with Crippen LogP contribution in [0.4, 0.5) is 5.69 Å². The quantitative estimate of drug-likeness (QED) is 0.780. The zero-order valence-corrected chi connectivity index (χ0v) is 14.1. The molecule has 1 rings (SSSR count). The van der Waals surface area contributed by atoms with E-state index in [-0.39, 0.29) is 0 Å². The van der Waals surface area contributed by atoms with Crippen molar-refractivity contribution in [2.75, 3.05) is 18.0 Å². The highest BCUT2D eigenvalue weighted by Gasteiger charge is 2.16. The van der Waals surface area contributed by atoms with E-state index in [1.54, 1.807) is 0 Å².